The van der Waals surface area contributed by atoms with Crippen LogP contribution in [0.2, 0.25) is 0 Å². The van der Waals surface area contributed by atoms with Crippen LogP contribution < -0.4 is 0 Å². The molecule has 0 saturated heterocycles. The van der Waals surface area contributed by atoms with Crippen molar-refractivity contribution in [2.24, 2.45) is 11.3 Å². The molecule has 27 heavy (non-hydrogen) atoms. The van der Waals surface area contributed by atoms with Gasteiger partial charge in [0, 0.05) is 0 Å². The van der Waals surface area contributed by atoms with Gasteiger partial charge >= 0.3 is 0 Å². The minimum absolute atomic E-state index is 0. The van der Waals surface area contributed by atoms with Crippen molar-refractivity contribution in [3.8, 4) is 0 Å². The fourth-order valence-electron chi connectivity index (χ4n) is 5.59. The van der Waals surface area contributed by atoms with E-state index in [1.807, 2.05) is 0 Å². The molecule has 1 heteroatoms. The average Bonchev–Trinajstić information content (AvgIpc) is 2.58. The molecule has 0 nitrogen and oxygen atoms in total. The third-order valence-electron chi connectivity index (χ3n) is 7.27. The summed E-state index contributed by atoms with van der Waals surface area (Å²) >= 11 is 0. The SMILES string of the molecule is CCCCCCC(C)(C)c1cc(C)c2c(c1)CC(C)(C)C1CC=[C-]CC21.[Es]. The van der Waals surface area contributed by atoms with Crippen LogP contribution in [0.4, 0.5) is 0 Å². The third-order valence-corrected chi connectivity index (χ3v) is 7.27. The Labute approximate surface area is 162 Å². The molecule has 2 unspecified atom stereocenters. The molecule has 0 saturated carbocycles. The normalized spacial score (nSPS) is 23.3. The number of hydrogen-bond acceptors (Lipinski definition) is 0. The van der Waals surface area contributed by atoms with E-state index in [-0.39, 0.29) is 5.41 Å². The summed E-state index contributed by atoms with van der Waals surface area (Å²) in [5.74, 6) is 1.46. The van der Waals surface area contributed by atoms with Crippen LogP contribution in [0.15, 0.2) is 18.2 Å². The number of hydrogen-bond donors (Lipinski definition) is 0. The first kappa shape index (κ1) is 21.3. The summed E-state index contributed by atoms with van der Waals surface area (Å²) < 4.78 is 0. The van der Waals surface area contributed by atoms with E-state index in [0.29, 0.717) is 11.3 Å². The fraction of sp³-hybridized carbons (Fsp3) is 0.692. The Hall–Kier alpha value is -2.04. The zero-order valence-corrected chi connectivity index (χ0v) is 20.9. The molecule has 3 rings (SSSR count). The first-order chi connectivity index (χ1) is 12.3. The number of unbranched alkanes of at least 4 members (excludes halogenated alkanes) is 3. The van der Waals surface area contributed by atoms with Gasteiger partial charge < -0.3 is 6.08 Å². The van der Waals surface area contributed by atoms with Crippen molar-refractivity contribution >= 4 is 0 Å². The smallest absolute Gasteiger partial charge is 0 e. The Morgan fingerprint density at radius 1 is 1.15 bits per heavy atom. The van der Waals surface area contributed by atoms with E-state index in [1.165, 1.54) is 50.5 Å². The first-order valence-corrected chi connectivity index (χ1v) is 11.0. The van der Waals surface area contributed by atoms with E-state index < -0.39 is 0 Å². The summed E-state index contributed by atoms with van der Waals surface area (Å²) in [5, 5.41) is 0. The van der Waals surface area contributed by atoms with Gasteiger partial charge in [0.05, 0.1) is 0 Å². The van der Waals surface area contributed by atoms with Crippen LogP contribution in [0.3, 0.4) is 0 Å². The summed E-state index contributed by atoms with van der Waals surface area (Å²) in [6, 6.07) is 5.10. The maximum atomic E-state index is 3.55. The molecule has 155 valence electrons. The zero-order chi connectivity index (χ0) is 18.9. The van der Waals surface area contributed by atoms with Gasteiger partial charge in [0.15, 0.2) is 0 Å². The van der Waals surface area contributed by atoms with Crippen molar-refractivity contribution in [3.05, 3.63) is 46.5 Å². The predicted molar refractivity (Wildman–Crippen MR) is 114 cm³/mol. The number of fused-ring (bicyclic) bond motifs is 3. The Kier molecular flexibility index (Phi) is 6.23. The van der Waals surface area contributed by atoms with Gasteiger partial charge in [-0.1, -0.05) is 78.9 Å². The maximum Gasteiger partial charge on any atom is 0 e. The second-order valence-electron chi connectivity index (χ2n) is 10.3. The summed E-state index contributed by atoms with van der Waals surface area (Å²) in [6.07, 6.45) is 16.1. The molecule has 0 fully saturated rings. The fourth-order valence-corrected chi connectivity index (χ4v) is 5.59. The Balaban J connectivity index is 0.00000261. The van der Waals surface area contributed by atoms with Crippen LogP contribution >= 0.6 is 0 Å². The molecule has 0 spiro atoms. The van der Waals surface area contributed by atoms with Crippen LogP contribution in [-0.4, -0.2) is 0 Å². The minimum Gasteiger partial charge on any atom is -0.500 e. The molecular formula is C26H39Es-. The van der Waals surface area contributed by atoms with Crippen LogP contribution in [-0.2, 0) is 11.8 Å². The van der Waals surface area contributed by atoms with Gasteiger partial charge in [0.25, 0.3) is 0 Å². The molecule has 0 amide bonds. The molecule has 2 aliphatic rings. The predicted octanol–water partition coefficient (Wildman–Crippen LogP) is 7.68. The van der Waals surface area contributed by atoms with Crippen molar-refractivity contribution in [1.29, 1.82) is 0 Å². The Bertz CT molecular complexity index is 665. The molecule has 0 N–H and O–H groups in total. The summed E-state index contributed by atoms with van der Waals surface area (Å²) in [4.78, 5) is 0. The molecule has 0 aliphatic heterocycles. The van der Waals surface area contributed by atoms with E-state index in [2.05, 4.69) is 65.8 Å². The monoisotopic (exact) mass is 603 g/mol. The average molecular weight is 604 g/mol. The van der Waals surface area contributed by atoms with Crippen LogP contribution in [0.25, 0.3) is 0 Å². The molecule has 1 radical (unpaired) electrons. The molecular weight excluding hydrogens is 564 g/mol. The number of benzene rings is 1. The largest absolute Gasteiger partial charge is 0.500 e. The van der Waals surface area contributed by atoms with E-state index in [9.17, 15) is 0 Å². The minimum atomic E-state index is 0. The summed E-state index contributed by atoms with van der Waals surface area (Å²) in [6.45, 7) is 14.5. The van der Waals surface area contributed by atoms with Gasteiger partial charge in [-0.05, 0) is 64.7 Å². The van der Waals surface area contributed by atoms with Crippen molar-refractivity contribution in [3.63, 3.8) is 0 Å². The maximum absolute atomic E-state index is 3.55. The molecule has 0 heterocycles. The van der Waals surface area contributed by atoms with Crippen LogP contribution in [0.5, 0.6) is 0 Å². The summed E-state index contributed by atoms with van der Waals surface area (Å²) in [5.41, 5.74) is 7.08. The van der Waals surface area contributed by atoms with Crippen molar-refractivity contribution in [2.45, 2.75) is 104 Å². The van der Waals surface area contributed by atoms with E-state index in [1.54, 1.807) is 16.7 Å². The third kappa shape index (κ3) is 4.12. The number of rotatable bonds is 6. The molecule has 0 aromatic heterocycles. The number of aryl methyl sites for hydroxylation is 1. The van der Waals surface area contributed by atoms with Gasteiger partial charge in [-0.25, -0.2) is 0 Å². The Morgan fingerprint density at radius 3 is 2.59 bits per heavy atom. The molecule has 0 bridgehead atoms. The number of allylic oxidation sites excluding steroid dienone is 2. The quantitative estimate of drug-likeness (QED) is 0.231. The second-order valence-corrected chi connectivity index (χ2v) is 10.3. The first-order valence-electron chi connectivity index (χ1n) is 11.0. The second kappa shape index (κ2) is 7.91. The van der Waals surface area contributed by atoms with Crippen molar-refractivity contribution in [2.75, 3.05) is 0 Å². The van der Waals surface area contributed by atoms with Gasteiger partial charge in [-0.2, -0.15) is 6.42 Å². The Morgan fingerprint density at radius 2 is 1.89 bits per heavy atom. The standard InChI is InChI=1S/C26H39.Es/c1-7-8-9-12-15-25(3,4)21-16-19(2)24-20(17-21)18-26(5,6)23-14-11-10-13-22(23)24;/h11,16-17,22-23H,7-9,12-15,18H2,1-6H3;/q-1;. The zero-order valence-electron chi connectivity index (χ0n) is 18.3. The van der Waals surface area contributed by atoms with Gasteiger partial charge in [0.1, 0.15) is 0 Å². The molecule has 1 aromatic rings. The van der Waals surface area contributed by atoms with Gasteiger partial charge in [-0.3, -0.25) is 6.08 Å². The molecule has 2 aliphatic carbocycles. The van der Waals surface area contributed by atoms with Gasteiger partial charge in [0.2, 0.25) is 0 Å². The van der Waals surface area contributed by atoms with Crippen molar-refractivity contribution in [1.82, 2.24) is 0 Å². The topological polar surface area (TPSA) is 0 Å². The van der Waals surface area contributed by atoms with Crippen LogP contribution in [0.1, 0.15) is 108 Å². The van der Waals surface area contributed by atoms with Crippen molar-refractivity contribution < 1.29 is 0 Å². The van der Waals surface area contributed by atoms with Gasteiger partial charge in [-0.15, -0.1) is 0 Å². The molecule has 1 aromatic carbocycles. The van der Waals surface area contributed by atoms with E-state index in [4.69, 9.17) is 0 Å². The molecule has 2 atom stereocenters. The van der Waals surface area contributed by atoms with E-state index in [0.717, 1.165) is 12.3 Å². The van der Waals surface area contributed by atoms with E-state index >= 15 is 0 Å². The summed E-state index contributed by atoms with van der Waals surface area (Å²) in [7, 11) is 0. The van der Waals surface area contributed by atoms with Crippen LogP contribution in [0, 0.1) is 24.3 Å².